The molecule has 3 N–H and O–H groups in total. The molecule has 88 valence electrons. The van der Waals surface area contributed by atoms with Crippen molar-refractivity contribution in [3.63, 3.8) is 0 Å². The molecule has 16 heavy (non-hydrogen) atoms. The Balaban J connectivity index is 1.90. The van der Waals surface area contributed by atoms with Crippen LogP contribution >= 0.6 is 0 Å². The summed E-state index contributed by atoms with van der Waals surface area (Å²) in [4.78, 5) is 8.19. The number of nitrogens with one attached hydrogen (secondary N) is 2. The molecule has 0 bridgehead atoms. The fourth-order valence-corrected chi connectivity index (χ4v) is 1.75. The predicted octanol–water partition coefficient (Wildman–Crippen LogP) is 1.24. The van der Waals surface area contributed by atoms with Gasteiger partial charge in [-0.3, -0.25) is 0 Å². The third kappa shape index (κ3) is 2.61. The fourth-order valence-electron chi connectivity index (χ4n) is 1.75. The first kappa shape index (κ1) is 11.1. The summed E-state index contributed by atoms with van der Waals surface area (Å²) >= 11 is 0. The number of anilines is 2. The third-order valence-corrected chi connectivity index (χ3v) is 2.91. The Labute approximate surface area is 95.3 Å². The van der Waals surface area contributed by atoms with Crippen molar-refractivity contribution < 1.29 is 5.11 Å². The fraction of sp³-hybridized carbons (Fsp3) is 0.636. The summed E-state index contributed by atoms with van der Waals surface area (Å²) in [5.74, 6) is 1.56. The number of hydrogen-bond acceptors (Lipinski definition) is 5. The Kier molecular flexibility index (Phi) is 3.24. The molecule has 0 spiro atoms. The van der Waals surface area contributed by atoms with Gasteiger partial charge in [0.15, 0.2) is 0 Å². The Morgan fingerprint density at radius 2 is 2.00 bits per heavy atom. The number of rotatable bonds is 5. The van der Waals surface area contributed by atoms with E-state index in [9.17, 15) is 5.11 Å². The van der Waals surface area contributed by atoms with Crippen molar-refractivity contribution >= 4 is 11.6 Å². The molecular weight excluding hydrogens is 204 g/mol. The van der Waals surface area contributed by atoms with Gasteiger partial charge in [-0.25, -0.2) is 9.97 Å². The zero-order valence-electron chi connectivity index (χ0n) is 9.53. The largest absolute Gasteiger partial charge is 0.388 e. The van der Waals surface area contributed by atoms with E-state index in [-0.39, 0.29) is 0 Å². The van der Waals surface area contributed by atoms with Crippen molar-refractivity contribution in [2.24, 2.45) is 0 Å². The van der Waals surface area contributed by atoms with E-state index in [1.807, 2.05) is 13.0 Å². The summed E-state index contributed by atoms with van der Waals surface area (Å²) in [6.07, 6.45) is 4.39. The van der Waals surface area contributed by atoms with Crippen molar-refractivity contribution in [1.29, 1.82) is 0 Å². The monoisotopic (exact) mass is 222 g/mol. The first-order valence-corrected chi connectivity index (χ1v) is 5.74. The van der Waals surface area contributed by atoms with Crippen LogP contribution in [0.25, 0.3) is 0 Å². The molecule has 1 aromatic rings. The maximum absolute atomic E-state index is 9.92. The van der Waals surface area contributed by atoms with Crippen LogP contribution in [0.5, 0.6) is 0 Å². The molecule has 2 rings (SSSR count). The Hall–Kier alpha value is -1.36. The van der Waals surface area contributed by atoms with Crippen LogP contribution in [-0.2, 0) is 0 Å². The van der Waals surface area contributed by atoms with E-state index in [0.717, 1.165) is 37.4 Å². The van der Waals surface area contributed by atoms with E-state index in [2.05, 4.69) is 20.6 Å². The molecule has 0 unspecified atom stereocenters. The average Bonchev–Trinajstić information content (AvgIpc) is 2.25. The lowest BCUT2D eigenvalue weighted by Gasteiger charge is -2.36. The molecule has 0 radical (unpaired) electrons. The molecule has 5 nitrogen and oxygen atoms in total. The van der Waals surface area contributed by atoms with E-state index in [0.29, 0.717) is 6.54 Å². The molecule has 0 saturated heterocycles. The molecule has 1 aromatic heterocycles. The van der Waals surface area contributed by atoms with Crippen molar-refractivity contribution in [3.8, 4) is 0 Å². The van der Waals surface area contributed by atoms with Crippen LogP contribution < -0.4 is 10.6 Å². The van der Waals surface area contributed by atoms with E-state index >= 15 is 0 Å². The van der Waals surface area contributed by atoms with Gasteiger partial charge in [-0.15, -0.1) is 0 Å². The summed E-state index contributed by atoms with van der Waals surface area (Å²) < 4.78 is 0. The smallest absolute Gasteiger partial charge is 0.131 e. The van der Waals surface area contributed by atoms with Gasteiger partial charge in [0.25, 0.3) is 0 Å². The van der Waals surface area contributed by atoms with Crippen molar-refractivity contribution in [3.05, 3.63) is 12.4 Å². The van der Waals surface area contributed by atoms with Gasteiger partial charge in [-0.1, -0.05) is 0 Å². The maximum atomic E-state index is 9.92. The summed E-state index contributed by atoms with van der Waals surface area (Å²) in [6.45, 7) is 3.42. The maximum Gasteiger partial charge on any atom is 0.131 e. The van der Waals surface area contributed by atoms with E-state index in [4.69, 9.17) is 0 Å². The normalized spacial score (nSPS) is 17.6. The lowest BCUT2D eigenvalue weighted by molar-refractivity contribution is -0.0202. The molecule has 1 fully saturated rings. The van der Waals surface area contributed by atoms with Crippen LogP contribution in [-0.4, -0.2) is 33.8 Å². The molecule has 1 aliphatic rings. The first-order chi connectivity index (χ1) is 7.72. The van der Waals surface area contributed by atoms with Gasteiger partial charge in [0.05, 0.1) is 5.60 Å². The minimum Gasteiger partial charge on any atom is -0.388 e. The predicted molar refractivity (Wildman–Crippen MR) is 63.5 cm³/mol. The van der Waals surface area contributed by atoms with E-state index in [1.165, 1.54) is 6.33 Å². The van der Waals surface area contributed by atoms with Gasteiger partial charge in [0, 0.05) is 19.2 Å². The van der Waals surface area contributed by atoms with Crippen LogP contribution in [0.2, 0.25) is 0 Å². The summed E-state index contributed by atoms with van der Waals surface area (Å²) in [7, 11) is 0. The average molecular weight is 222 g/mol. The molecule has 0 aliphatic heterocycles. The minimum absolute atomic E-state index is 0.525. The Morgan fingerprint density at radius 3 is 2.56 bits per heavy atom. The van der Waals surface area contributed by atoms with Crippen LogP contribution in [0, 0.1) is 0 Å². The van der Waals surface area contributed by atoms with E-state index in [1.54, 1.807) is 0 Å². The molecule has 0 amide bonds. The second-order valence-corrected chi connectivity index (χ2v) is 4.25. The topological polar surface area (TPSA) is 70.1 Å². The third-order valence-electron chi connectivity index (χ3n) is 2.91. The first-order valence-electron chi connectivity index (χ1n) is 5.74. The Morgan fingerprint density at radius 1 is 1.31 bits per heavy atom. The van der Waals surface area contributed by atoms with E-state index < -0.39 is 5.60 Å². The molecule has 1 heterocycles. The highest BCUT2D eigenvalue weighted by molar-refractivity contribution is 5.46. The van der Waals surface area contributed by atoms with Crippen LogP contribution in [0.4, 0.5) is 11.6 Å². The number of aliphatic hydroxyl groups is 1. The van der Waals surface area contributed by atoms with Gasteiger partial charge in [-0.05, 0) is 26.2 Å². The highest BCUT2D eigenvalue weighted by Crippen LogP contribution is 2.31. The quantitative estimate of drug-likeness (QED) is 0.699. The van der Waals surface area contributed by atoms with Crippen LogP contribution in [0.1, 0.15) is 26.2 Å². The SMILES string of the molecule is CCNc1cc(NCC2(O)CCC2)ncn1. The van der Waals surface area contributed by atoms with Gasteiger partial charge in [0.2, 0.25) is 0 Å². The van der Waals surface area contributed by atoms with Crippen LogP contribution in [0.15, 0.2) is 12.4 Å². The summed E-state index contributed by atoms with van der Waals surface area (Å²) in [5, 5.41) is 16.2. The molecule has 1 saturated carbocycles. The number of nitrogens with zero attached hydrogens (tertiary/aromatic N) is 2. The Bertz CT molecular complexity index is 352. The molecule has 5 heteroatoms. The van der Waals surface area contributed by atoms with Crippen molar-refractivity contribution in [1.82, 2.24) is 9.97 Å². The van der Waals surface area contributed by atoms with Crippen molar-refractivity contribution in [2.45, 2.75) is 31.8 Å². The lowest BCUT2D eigenvalue weighted by atomic mass is 9.80. The molecule has 1 aliphatic carbocycles. The summed E-state index contributed by atoms with van der Waals surface area (Å²) in [5.41, 5.74) is -0.525. The minimum atomic E-state index is -0.525. The zero-order chi connectivity index (χ0) is 11.4. The second-order valence-electron chi connectivity index (χ2n) is 4.25. The van der Waals surface area contributed by atoms with Gasteiger partial charge in [-0.2, -0.15) is 0 Å². The standard InChI is InChI=1S/C11H18N4O/c1-2-12-9-6-10(15-8-14-9)13-7-11(16)4-3-5-11/h6,8,16H,2-5,7H2,1H3,(H2,12,13,14,15). The summed E-state index contributed by atoms with van der Waals surface area (Å²) in [6, 6.07) is 1.85. The number of hydrogen-bond donors (Lipinski definition) is 3. The molecule has 0 atom stereocenters. The van der Waals surface area contributed by atoms with Crippen molar-refractivity contribution in [2.75, 3.05) is 23.7 Å². The molecule has 0 aromatic carbocycles. The number of aromatic nitrogens is 2. The van der Waals surface area contributed by atoms with Gasteiger partial charge >= 0.3 is 0 Å². The molecular formula is C11H18N4O. The lowest BCUT2D eigenvalue weighted by Crippen LogP contribution is -2.43. The van der Waals surface area contributed by atoms with Crippen LogP contribution in [0.3, 0.4) is 0 Å². The second kappa shape index (κ2) is 4.65. The van der Waals surface area contributed by atoms with Gasteiger partial charge < -0.3 is 15.7 Å². The zero-order valence-corrected chi connectivity index (χ0v) is 9.53. The highest BCUT2D eigenvalue weighted by Gasteiger charge is 2.33. The van der Waals surface area contributed by atoms with Gasteiger partial charge in [0.1, 0.15) is 18.0 Å². The highest BCUT2D eigenvalue weighted by atomic mass is 16.3.